The van der Waals surface area contributed by atoms with Gasteiger partial charge in [-0.3, -0.25) is 4.68 Å². The average molecular weight is 197 g/mol. The first-order valence-corrected chi connectivity index (χ1v) is 5.07. The summed E-state index contributed by atoms with van der Waals surface area (Å²) in [5.74, 6) is 0. The third kappa shape index (κ3) is 2.56. The number of aliphatic hydroxyl groups excluding tert-OH is 1. The highest BCUT2D eigenvalue weighted by Crippen LogP contribution is 2.13. The van der Waals surface area contributed by atoms with E-state index in [0.29, 0.717) is 6.04 Å². The highest BCUT2D eigenvalue weighted by atomic mass is 16.3. The molecule has 0 amide bonds. The fraction of sp³-hybridized carbons (Fsp3) is 0.700. The van der Waals surface area contributed by atoms with E-state index in [1.807, 2.05) is 24.0 Å². The monoisotopic (exact) mass is 197 g/mol. The third-order valence-electron chi connectivity index (χ3n) is 2.19. The van der Waals surface area contributed by atoms with Crippen LogP contribution in [0.3, 0.4) is 0 Å². The molecule has 1 unspecified atom stereocenters. The Morgan fingerprint density at radius 2 is 2.29 bits per heavy atom. The summed E-state index contributed by atoms with van der Waals surface area (Å²) < 4.78 is 1.90. The predicted molar refractivity (Wildman–Crippen MR) is 56.1 cm³/mol. The number of nitrogens with one attached hydrogen (secondary N) is 1. The van der Waals surface area contributed by atoms with Crippen LogP contribution in [-0.2, 0) is 0 Å². The second kappa shape index (κ2) is 5.12. The molecule has 0 radical (unpaired) electrons. The number of aromatic nitrogens is 2. The Morgan fingerprint density at radius 1 is 1.57 bits per heavy atom. The molecular weight excluding hydrogens is 178 g/mol. The van der Waals surface area contributed by atoms with Crippen LogP contribution in [0.1, 0.15) is 38.4 Å². The van der Waals surface area contributed by atoms with E-state index < -0.39 is 0 Å². The highest BCUT2D eigenvalue weighted by molar-refractivity contribution is 5.10. The van der Waals surface area contributed by atoms with Gasteiger partial charge in [-0.25, -0.2) is 0 Å². The Morgan fingerprint density at radius 3 is 2.71 bits per heavy atom. The zero-order valence-electron chi connectivity index (χ0n) is 9.07. The molecule has 2 N–H and O–H groups in total. The minimum absolute atomic E-state index is 0.00694. The molecular formula is C10H19N3O. The van der Waals surface area contributed by atoms with Gasteiger partial charge in [0.2, 0.25) is 0 Å². The van der Waals surface area contributed by atoms with Crippen LogP contribution in [0, 0.1) is 0 Å². The maximum Gasteiger partial charge on any atom is 0.0627 e. The number of nitrogens with zero attached hydrogens (tertiary/aromatic N) is 2. The lowest BCUT2D eigenvalue weighted by Gasteiger charge is -2.12. The lowest BCUT2D eigenvalue weighted by Crippen LogP contribution is -2.23. The standard InChI is InChI=1S/C10H19N3O/c1-4-11-10(7-14)9-5-12-13(6-9)8(2)3/h5-6,8,10-11,14H,4,7H2,1-3H3. The molecule has 1 heterocycles. The molecule has 0 aromatic carbocycles. The number of aliphatic hydroxyl groups is 1. The first-order valence-electron chi connectivity index (χ1n) is 5.07. The van der Waals surface area contributed by atoms with Crippen LogP contribution in [0.5, 0.6) is 0 Å². The normalized spacial score (nSPS) is 13.5. The molecule has 80 valence electrons. The van der Waals surface area contributed by atoms with Crippen molar-refractivity contribution in [3.05, 3.63) is 18.0 Å². The van der Waals surface area contributed by atoms with Crippen molar-refractivity contribution < 1.29 is 5.11 Å². The number of hydrogen-bond donors (Lipinski definition) is 2. The van der Waals surface area contributed by atoms with Gasteiger partial charge in [0.15, 0.2) is 0 Å². The van der Waals surface area contributed by atoms with E-state index in [0.717, 1.165) is 12.1 Å². The van der Waals surface area contributed by atoms with E-state index in [4.69, 9.17) is 5.11 Å². The van der Waals surface area contributed by atoms with Gasteiger partial charge in [0.1, 0.15) is 0 Å². The second-order valence-electron chi connectivity index (χ2n) is 3.64. The molecule has 0 aliphatic rings. The Balaban J connectivity index is 2.73. The number of hydrogen-bond acceptors (Lipinski definition) is 3. The molecule has 1 atom stereocenters. The van der Waals surface area contributed by atoms with Gasteiger partial charge in [-0.2, -0.15) is 5.10 Å². The van der Waals surface area contributed by atoms with Crippen molar-refractivity contribution in [1.29, 1.82) is 0 Å². The minimum atomic E-state index is 0.00694. The fourth-order valence-corrected chi connectivity index (χ4v) is 1.35. The van der Waals surface area contributed by atoms with Crippen molar-refractivity contribution in [3.63, 3.8) is 0 Å². The van der Waals surface area contributed by atoms with Crippen molar-refractivity contribution in [3.8, 4) is 0 Å². The van der Waals surface area contributed by atoms with E-state index in [-0.39, 0.29) is 12.6 Å². The van der Waals surface area contributed by atoms with Crippen LogP contribution >= 0.6 is 0 Å². The Hall–Kier alpha value is -0.870. The van der Waals surface area contributed by atoms with Crippen molar-refractivity contribution in [2.45, 2.75) is 32.9 Å². The van der Waals surface area contributed by atoms with Crippen LogP contribution < -0.4 is 5.32 Å². The van der Waals surface area contributed by atoms with Crippen LogP contribution in [0.25, 0.3) is 0 Å². The average Bonchev–Trinajstić information content (AvgIpc) is 2.63. The summed E-state index contributed by atoms with van der Waals surface area (Å²) in [5.41, 5.74) is 1.04. The van der Waals surface area contributed by atoms with Gasteiger partial charge in [-0.05, 0) is 20.4 Å². The number of likely N-dealkylation sites (N-methyl/N-ethyl adjacent to an activating group) is 1. The molecule has 0 saturated carbocycles. The summed E-state index contributed by atoms with van der Waals surface area (Å²) in [6.45, 7) is 7.14. The third-order valence-corrected chi connectivity index (χ3v) is 2.19. The number of rotatable bonds is 5. The van der Waals surface area contributed by atoms with E-state index >= 15 is 0 Å². The van der Waals surface area contributed by atoms with Crippen LogP contribution in [0.4, 0.5) is 0 Å². The van der Waals surface area contributed by atoms with Crippen molar-refractivity contribution in [2.75, 3.05) is 13.2 Å². The van der Waals surface area contributed by atoms with Gasteiger partial charge in [-0.1, -0.05) is 6.92 Å². The molecule has 1 aromatic rings. The van der Waals surface area contributed by atoms with Crippen molar-refractivity contribution >= 4 is 0 Å². The lowest BCUT2D eigenvalue weighted by molar-refractivity contribution is 0.246. The summed E-state index contributed by atoms with van der Waals surface area (Å²) in [6, 6.07) is 0.372. The van der Waals surface area contributed by atoms with Gasteiger partial charge in [0.25, 0.3) is 0 Å². The van der Waals surface area contributed by atoms with Gasteiger partial charge >= 0.3 is 0 Å². The molecule has 4 heteroatoms. The lowest BCUT2D eigenvalue weighted by atomic mass is 10.2. The SMILES string of the molecule is CCNC(CO)c1cnn(C(C)C)c1. The molecule has 0 fully saturated rings. The quantitative estimate of drug-likeness (QED) is 0.743. The molecule has 0 spiro atoms. The summed E-state index contributed by atoms with van der Waals surface area (Å²) in [6.07, 6.45) is 3.79. The molecule has 0 aliphatic carbocycles. The van der Waals surface area contributed by atoms with Crippen LogP contribution in [0.2, 0.25) is 0 Å². The molecule has 4 nitrogen and oxygen atoms in total. The Labute approximate surface area is 84.9 Å². The van der Waals surface area contributed by atoms with Gasteiger partial charge in [-0.15, -0.1) is 0 Å². The summed E-state index contributed by atoms with van der Waals surface area (Å²) in [4.78, 5) is 0. The molecule has 1 aromatic heterocycles. The van der Waals surface area contributed by atoms with Gasteiger partial charge in [0, 0.05) is 17.8 Å². The maximum absolute atomic E-state index is 9.16. The van der Waals surface area contributed by atoms with Gasteiger partial charge in [0.05, 0.1) is 18.8 Å². The highest BCUT2D eigenvalue weighted by Gasteiger charge is 2.11. The van der Waals surface area contributed by atoms with Crippen molar-refractivity contribution in [1.82, 2.24) is 15.1 Å². The smallest absolute Gasteiger partial charge is 0.0627 e. The second-order valence-corrected chi connectivity index (χ2v) is 3.64. The predicted octanol–water partition coefficient (Wildman–Crippen LogP) is 1.11. The van der Waals surface area contributed by atoms with E-state index in [1.165, 1.54) is 0 Å². The summed E-state index contributed by atoms with van der Waals surface area (Å²) >= 11 is 0. The zero-order valence-corrected chi connectivity index (χ0v) is 9.07. The Kier molecular flexibility index (Phi) is 4.10. The minimum Gasteiger partial charge on any atom is -0.394 e. The van der Waals surface area contributed by atoms with Crippen LogP contribution in [-0.4, -0.2) is 28.0 Å². The maximum atomic E-state index is 9.16. The molecule has 0 bridgehead atoms. The molecule has 0 aliphatic heterocycles. The molecule has 1 rings (SSSR count). The topological polar surface area (TPSA) is 50.1 Å². The fourth-order valence-electron chi connectivity index (χ4n) is 1.35. The van der Waals surface area contributed by atoms with Crippen LogP contribution in [0.15, 0.2) is 12.4 Å². The largest absolute Gasteiger partial charge is 0.394 e. The first kappa shape index (κ1) is 11.2. The summed E-state index contributed by atoms with van der Waals surface area (Å²) in [7, 11) is 0. The first-order chi connectivity index (χ1) is 6.69. The van der Waals surface area contributed by atoms with Gasteiger partial charge < -0.3 is 10.4 Å². The van der Waals surface area contributed by atoms with E-state index in [2.05, 4.69) is 24.3 Å². The van der Waals surface area contributed by atoms with E-state index in [9.17, 15) is 0 Å². The Bertz CT molecular complexity index is 270. The molecule has 14 heavy (non-hydrogen) atoms. The van der Waals surface area contributed by atoms with E-state index in [1.54, 1.807) is 0 Å². The zero-order chi connectivity index (χ0) is 10.6. The summed E-state index contributed by atoms with van der Waals surface area (Å²) in [5, 5.41) is 16.6. The van der Waals surface area contributed by atoms with Crippen molar-refractivity contribution in [2.24, 2.45) is 0 Å². The molecule has 0 saturated heterocycles.